The van der Waals surface area contributed by atoms with Gasteiger partial charge in [0.05, 0.1) is 25.3 Å². The normalized spacial score (nSPS) is 18.3. The summed E-state index contributed by atoms with van der Waals surface area (Å²) in [4.78, 5) is 27.1. The lowest BCUT2D eigenvalue weighted by Crippen LogP contribution is -2.32. The van der Waals surface area contributed by atoms with Gasteiger partial charge in [0.15, 0.2) is 0 Å². The van der Waals surface area contributed by atoms with Crippen molar-refractivity contribution < 1.29 is 24.2 Å². The minimum atomic E-state index is -0.697. The topological polar surface area (TPSA) is 76.1 Å². The fourth-order valence-corrected chi connectivity index (χ4v) is 3.61. The summed E-state index contributed by atoms with van der Waals surface area (Å²) in [5.41, 5.74) is 2.45. The van der Waals surface area contributed by atoms with Gasteiger partial charge in [-0.2, -0.15) is 0 Å². The lowest BCUT2D eigenvalue weighted by Gasteiger charge is -2.25. The number of nitrogens with zero attached hydrogens (tertiary/aromatic N) is 1. The van der Waals surface area contributed by atoms with Gasteiger partial charge in [0.25, 0.3) is 11.7 Å². The fraction of sp³-hybridized carbons (Fsp3) is 0.333. The molecule has 1 heterocycles. The molecule has 0 spiro atoms. The van der Waals surface area contributed by atoms with Crippen molar-refractivity contribution in [2.24, 2.45) is 0 Å². The summed E-state index contributed by atoms with van der Waals surface area (Å²) in [5.74, 6) is -0.544. The van der Waals surface area contributed by atoms with Crippen molar-refractivity contribution in [1.82, 2.24) is 4.90 Å². The number of benzene rings is 2. The summed E-state index contributed by atoms with van der Waals surface area (Å²) >= 11 is 0. The lowest BCUT2D eigenvalue weighted by molar-refractivity contribution is -0.140. The van der Waals surface area contributed by atoms with Crippen molar-refractivity contribution in [3.63, 3.8) is 0 Å². The van der Waals surface area contributed by atoms with E-state index in [1.807, 2.05) is 24.3 Å². The molecular formula is C24H27NO5. The second-order valence-electron chi connectivity index (χ2n) is 7.54. The zero-order valence-corrected chi connectivity index (χ0v) is 17.7. The maximum atomic E-state index is 12.9. The molecule has 0 aromatic heterocycles. The van der Waals surface area contributed by atoms with E-state index in [0.29, 0.717) is 17.2 Å². The van der Waals surface area contributed by atoms with Gasteiger partial charge in [-0.3, -0.25) is 9.59 Å². The number of ether oxygens (including phenoxy) is 2. The quantitative estimate of drug-likeness (QED) is 0.427. The molecule has 30 heavy (non-hydrogen) atoms. The van der Waals surface area contributed by atoms with Crippen molar-refractivity contribution in [2.75, 3.05) is 27.4 Å². The highest BCUT2D eigenvalue weighted by molar-refractivity contribution is 6.46. The molecule has 1 aliphatic heterocycles. The second kappa shape index (κ2) is 9.13. The first-order valence-electron chi connectivity index (χ1n) is 9.90. The van der Waals surface area contributed by atoms with Crippen LogP contribution in [0.1, 0.15) is 42.5 Å². The van der Waals surface area contributed by atoms with Gasteiger partial charge in [-0.15, -0.1) is 0 Å². The lowest BCUT2D eigenvalue weighted by atomic mass is 9.93. The van der Waals surface area contributed by atoms with Gasteiger partial charge in [-0.05, 0) is 41.3 Å². The van der Waals surface area contributed by atoms with E-state index >= 15 is 0 Å². The Morgan fingerprint density at radius 2 is 1.67 bits per heavy atom. The monoisotopic (exact) mass is 409 g/mol. The number of amides is 1. The number of carbonyl (C=O) groups is 2. The van der Waals surface area contributed by atoms with Crippen molar-refractivity contribution >= 4 is 17.4 Å². The SMILES string of the molecule is COCCN1C(=O)C(=O)C(=C(O)c2ccc(OC)cc2)[C@@H]1c1ccc(C(C)C)cc1. The number of likely N-dealkylation sites (tertiary alicyclic amines) is 1. The molecule has 0 bridgehead atoms. The van der Waals surface area contributed by atoms with E-state index < -0.39 is 17.7 Å². The number of ketones is 1. The standard InChI is InChI=1S/C24H27NO5/c1-15(2)16-5-7-17(8-6-16)21-20(23(27)24(28)25(21)13-14-29-3)22(26)18-9-11-19(30-4)12-10-18/h5-12,15,21,26H,13-14H2,1-4H3/t21-/m0/s1. The molecule has 0 unspecified atom stereocenters. The van der Waals surface area contributed by atoms with Crippen molar-refractivity contribution in [2.45, 2.75) is 25.8 Å². The van der Waals surface area contributed by atoms with Crippen LogP contribution < -0.4 is 4.74 Å². The van der Waals surface area contributed by atoms with Crippen molar-refractivity contribution in [3.05, 3.63) is 70.8 Å². The molecule has 1 amide bonds. The minimum absolute atomic E-state index is 0.0820. The van der Waals surface area contributed by atoms with Gasteiger partial charge in [0, 0.05) is 19.2 Å². The number of Topliss-reactive ketones (excluding diaryl/α,β-unsaturated/α-hetero) is 1. The van der Waals surface area contributed by atoms with E-state index in [0.717, 1.165) is 11.1 Å². The minimum Gasteiger partial charge on any atom is -0.507 e. The number of hydrogen-bond acceptors (Lipinski definition) is 5. The van der Waals surface area contributed by atoms with Crippen LogP contribution in [0, 0.1) is 0 Å². The van der Waals surface area contributed by atoms with Crippen LogP contribution in [0.3, 0.4) is 0 Å². The summed E-state index contributed by atoms with van der Waals surface area (Å²) in [6.45, 7) is 4.74. The third-order valence-electron chi connectivity index (χ3n) is 5.36. The van der Waals surface area contributed by atoms with Gasteiger partial charge < -0.3 is 19.5 Å². The first-order valence-corrected chi connectivity index (χ1v) is 9.90. The van der Waals surface area contributed by atoms with E-state index in [2.05, 4.69) is 13.8 Å². The predicted octanol–water partition coefficient (Wildman–Crippen LogP) is 3.89. The summed E-state index contributed by atoms with van der Waals surface area (Å²) in [5, 5.41) is 11.0. The van der Waals surface area contributed by atoms with Gasteiger partial charge in [-0.25, -0.2) is 0 Å². The van der Waals surface area contributed by atoms with Gasteiger partial charge in [0.2, 0.25) is 0 Å². The molecular weight excluding hydrogens is 382 g/mol. The molecule has 1 atom stereocenters. The third kappa shape index (κ3) is 4.09. The van der Waals surface area contributed by atoms with E-state index in [1.54, 1.807) is 38.5 Å². The number of aliphatic hydroxyl groups excluding tert-OH is 1. The Kier molecular flexibility index (Phi) is 6.57. The molecule has 6 heteroatoms. The zero-order valence-electron chi connectivity index (χ0n) is 17.7. The Morgan fingerprint density at radius 3 is 2.20 bits per heavy atom. The highest BCUT2D eigenvalue weighted by Crippen LogP contribution is 2.39. The zero-order chi connectivity index (χ0) is 21.8. The van der Waals surface area contributed by atoms with E-state index in [4.69, 9.17) is 9.47 Å². The van der Waals surface area contributed by atoms with Crippen LogP contribution >= 0.6 is 0 Å². The summed E-state index contributed by atoms with van der Waals surface area (Å²) in [7, 11) is 3.09. The first kappa shape index (κ1) is 21.6. The van der Waals surface area contributed by atoms with E-state index in [-0.39, 0.29) is 24.5 Å². The van der Waals surface area contributed by atoms with Crippen LogP contribution in [0.2, 0.25) is 0 Å². The van der Waals surface area contributed by atoms with E-state index in [9.17, 15) is 14.7 Å². The van der Waals surface area contributed by atoms with Gasteiger partial charge >= 0.3 is 0 Å². The average molecular weight is 409 g/mol. The van der Waals surface area contributed by atoms with Crippen LogP contribution in [-0.2, 0) is 14.3 Å². The molecule has 2 aromatic rings. The molecule has 1 fully saturated rings. The number of aliphatic hydroxyl groups is 1. The van der Waals surface area contributed by atoms with Crippen LogP contribution in [0.5, 0.6) is 5.75 Å². The van der Waals surface area contributed by atoms with Crippen LogP contribution in [0.15, 0.2) is 54.1 Å². The van der Waals surface area contributed by atoms with Crippen LogP contribution in [0.4, 0.5) is 0 Å². The number of rotatable bonds is 7. The fourth-order valence-electron chi connectivity index (χ4n) is 3.61. The first-order chi connectivity index (χ1) is 14.4. The molecule has 1 aliphatic rings. The molecule has 158 valence electrons. The Morgan fingerprint density at radius 1 is 1.03 bits per heavy atom. The number of methoxy groups -OCH3 is 2. The third-order valence-corrected chi connectivity index (χ3v) is 5.36. The summed E-state index contributed by atoms with van der Waals surface area (Å²) < 4.78 is 10.3. The van der Waals surface area contributed by atoms with Crippen LogP contribution in [-0.4, -0.2) is 49.1 Å². The highest BCUT2D eigenvalue weighted by Gasteiger charge is 2.45. The van der Waals surface area contributed by atoms with Gasteiger partial charge in [-0.1, -0.05) is 38.1 Å². The molecule has 1 N–H and O–H groups in total. The maximum Gasteiger partial charge on any atom is 0.295 e. The van der Waals surface area contributed by atoms with E-state index in [1.165, 1.54) is 4.90 Å². The highest BCUT2D eigenvalue weighted by atomic mass is 16.5. The molecule has 3 rings (SSSR count). The second-order valence-corrected chi connectivity index (χ2v) is 7.54. The smallest absolute Gasteiger partial charge is 0.295 e. The van der Waals surface area contributed by atoms with Crippen molar-refractivity contribution in [3.8, 4) is 5.75 Å². The maximum absolute atomic E-state index is 12.9. The number of hydrogen-bond donors (Lipinski definition) is 1. The van der Waals surface area contributed by atoms with Crippen molar-refractivity contribution in [1.29, 1.82) is 0 Å². The Balaban J connectivity index is 2.11. The predicted molar refractivity (Wildman–Crippen MR) is 114 cm³/mol. The molecule has 1 saturated heterocycles. The molecule has 0 radical (unpaired) electrons. The Labute approximate surface area is 176 Å². The Bertz CT molecular complexity index is 945. The number of carbonyl (C=O) groups excluding carboxylic acids is 2. The molecule has 2 aromatic carbocycles. The summed E-state index contributed by atoms with van der Waals surface area (Å²) in [6, 6.07) is 13.8. The largest absolute Gasteiger partial charge is 0.507 e. The van der Waals surface area contributed by atoms with Crippen LogP contribution in [0.25, 0.3) is 5.76 Å². The van der Waals surface area contributed by atoms with Gasteiger partial charge in [0.1, 0.15) is 11.5 Å². The molecule has 0 aliphatic carbocycles. The average Bonchev–Trinajstić information content (AvgIpc) is 3.02. The molecule has 0 saturated carbocycles. The molecule has 6 nitrogen and oxygen atoms in total. The summed E-state index contributed by atoms with van der Waals surface area (Å²) in [6.07, 6.45) is 0. The Hall–Kier alpha value is -3.12.